The second-order valence-corrected chi connectivity index (χ2v) is 26.2. The number of methoxy groups -OCH3 is 2. The number of nitrogens with two attached hydrogens (primary N) is 1. The largest absolute Gasteiger partial charge is 0.508 e. The molecule has 4 fully saturated rings. The molecule has 0 aromatic heterocycles. The molecule has 0 radical (unpaired) electrons. The van der Waals surface area contributed by atoms with Crippen LogP contribution in [0.25, 0.3) is 17.2 Å². The van der Waals surface area contributed by atoms with E-state index in [1.165, 1.54) is 19.8 Å². The molecule has 9 aliphatic rings. The molecular formula is C62H76N4O9S2. The molecule has 4 aliphatic carbocycles. The van der Waals surface area contributed by atoms with Gasteiger partial charge in [0.25, 0.3) is 0 Å². The Morgan fingerprint density at radius 3 is 2.69 bits per heavy atom. The minimum atomic E-state index is -0.710. The summed E-state index contributed by atoms with van der Waals surface area (Å²) in [6.45, 7) is 2.86. The van der Waals surface area contributed by atoms with Gasteiger partial charge in [-0.15, -0.1) is 0 Å². The fourth-order valence-corrected chi connectivity index (χ4v) is 18.1. The van der Waals surface area contributed by atoms with Crippen LogP contribution < -0.4 is 35.9 Å². The number of fused-ring (bicyclic) bond motifs is 11. The van der Waals surface area contributed by atoms with Crippen LogP contribution in [0.5, 0.6) is 28.7 Å². The zero-order chi connectivity index (χ0) is 53.0. The highest BCUT2D eigenvalue weighted by Crippen LogP contribution is 2.63. The molecule has 77 heavy (non-hydrogen) atoms. The lowest BCUT2D eigenvalue weighted by Gasteiger charge is -2.39. The number of dihydropyridines is 1. The standard InChI is InChI=1S/C62H76N4O9S2/c1-35(68)73-31-48-44-13-14-45-54-39(24-42(69)25-51(54)72-3)27-62-21-18-36(26-62)22-38-12-17-53(63)66-49(38)11-7-10-43-47(29-64-28-40(30-67)61(34-71-2)19-4-5-20-61)57(70)60-46(55(43)58(48)75-59(44)56(45)62)15-16-50-52(74-60)33-77-76-32-37-8-6-9-41(23-37)65-50/h12-17,24-25,36-37,40-41,48,50,52-53,58,64-67,69-70H,4-6,8-10,18-23,26-34,63H2,1-3H3. The Labute approximate surface area is 461 Å². The number of aromatic hydroxyl groups is 2. The van der Waals surface area contributed by atoms with Crippen molar-refractivity contribution in [1.82, 2.24) is 16.0 Å². The summed E-state index contributed by atoms with van der Waals surface area (Å²) in [5.41, 5.74) is 16.1. The quantitative estimate of drug-likeness (QED) is 0.0547. The van der Waals surface area contributed by atoms with Gasteiger partial charge in [0.05, 0.1) is 37.5 Å². The van der Waals surface area contributed by atoms with Gasteiger partial charge in [-0.1, -0.05) is 77.1 Å². The van der Waals surface area contributed by atoms with Crippen LogP contribution in [0.2, 0.25) is 0 Å². The summed E-state index contributed by atoms with van der Waals surface area (Å²) >= 11 is 0. The van der Waals surface area contributed by atoms with Gasteiger partial charge in [0, 0.05) is 108 Å². The molecule has 5 aliphatic heterocycles. The van der Waals surface area contributed by atoms with Gasteiger partial charge in [-0.25, -0.2) is 0 Å². The molecule has 1 spiro atoms. The number of carbonyl (C=O) groups is 1. The molecule has 13 nitrogen and oxygen atoms in total. The average Bonchev–Trinajstić information content (AvgIpc) is 4.26. The van der Waals surface area contributed by atoms with Crippen molar-refractivity contribution in [3.8, 4) is 51.7 Å². The summed E-state index contributed by atoms with van der Waals surface area (Å²) in [5.74, 6) is 11.1. The lowest BCUT2D eigenvalue weighted by molar-refractivity contribution is -0.141. The number of nitrogens with one attached hydrogen (secondary N) is 3. The fourth-order valence-electron chi connectivity index (χ4n) is 15.4. The van der Waals surface area contributed by atoms with Crippen molar-refractivity contribution in [3.05, 3.63) is 92.7 Å². The zero-order valence-corrected chi connectivity index (χ0v) is 46.5. The summed E-state index contributed by atoms with van der Waals surface area (Å²) in [6, 6.07) is 8.16. The van der Waals surface area contributed by atoms with E-state index in [9.17, 15) is 20.1 Å². The van der Waals surface area contributed by atoms with E-state index in [0.29, 0.717) is 60.3 Å². The number of aliphatic hydroxyl groups excluding tert-OH is 1. The van der Waals surface area contributed by atoms with Crippen LogP contribution in [0.3, 0.4) is 0 Å². The first-order chi connectivity index (χ1) is 37.5. The van der Waals surface area contributed by atoms with Gasteiger partial charge in [0.15, 0.2) is 11.5 Å². The van der Waals surface area contributed by atoms with Gasteiger partial charge in [0.1, 0.15) is 36.1 Å². The Morgan fingerprint density at radius 2 is 1.87 bits per heavy atom. The predicted octanol–water partition coefficient (Wildman–Crippen LogP) is 9.39. The van der Waals surface area contributed by atoms with Crippen molar-refractivity contribution >= 4 is 33.6 Å². The molecule has 10 unspecified atom stereocenters. The van der Waals surface area contributed by atoms with Crippen molar-refractivity contribution in [2.75, 3.05) is 52.1 Å². The second kappa shape index (κ2) is 22.0. The van der Waals surface area contributed by atoms with Crippen LogP contribution >= 0.6 is 21.6 Å². The average molecular weight is 1090 g/mol. The summed E-state index contributed by atoms with van der Waals surface area (Å²) < 4.78 is 33.2. The zero-order valence-electron chi connectivity index (χ0n) is 44.8. The number of allylic oxidation sites excluding steroid dienone is 3. The SMILES string of the molecule is COCC1(C(CO)CNCc2c(O)c3c(c4c2CC#CC2=C(C=CC(N)N2)CC2CCC5(Cc6cc(O)cc(OC)c6-c6ccc7c(c65)OC4C7COC(C)=O)C2)C=CC2NC4CCCC(CSSCC2O3)C4)CCCC1. The highest BCUT2D eigenvalue weighted by Gasteiger charge is 2.52. The van der Waals surface area contributed by atoms with E-state index in [2.05, 4.69) is 58.2 Å². The van der Waals surface area contributed by atoms with Crippen molar-refractivity contribution in [2.45, 2.75) is 145 Å². The van der Waals surface area contributed by atoms with Crippen LogP contribution in [-0.4, -0.2) is 97.7 Å². The van der Waals surface area contributed by atoms with Crippen molar-refractivity contribution in [2.24, 2.45) is 28.9 Å². The molecule has 8 N–H and O–H groups in total. The Kier molecular flexibility index (Phi) is 15.1. The molecule has 3 aromatic rings. The number of aliphatic hydroxyl groups is 1. The maximum Gasteiger partial charge on any atom is 0.302 e. The highest BCUT2D eigenvalue weighted by molar-refractivity contribution is 8.76. The number of phenols is 2. The maximum absolute atomic E-state index is 13.2. The lowest BCUT2D eigenvalue weighted by atomic mass is 9.65. The summed E-state index contributed by atoms with van der Waals surface area (Å²) in [6.07, 6.45) is 20.5. The number of hydrogen-bond acceptors (Lipinski definition) is 15. The number of phenolic OH excluding ortho intramolecular Hbond substituents is 2. The van der Waals surface area contributed by atoms with E-state index in [1.807, 2.05) is 33.7 Å². The molecule has 6 bridgehead atoms. The van der Waals surface area contributed by atoms with E-state index in [-0.39, 0.29) is 72.5 Å². The summed E-state index contributed by atoms with van der Waals surface area (Å²) in [5, 5.41) is 46.8. The summed E-state index contributed by atoms with van der Waals surface area (Å²) in [7, 11) is 7.18. The number of hydrogen-bond donors (Lipinski definition) is 7. The summed E-state index contributed by atoms with van der Waals surface area (Å²) in [4.78, 5) is 13.1. The number of esters is 1. The van der Waals surface area contributed by atoms with Gasteiger partial charge in [-0.2, -0.15) is 0 Å². The molecule has 1 saturated heterocycles. The van der Waals surface area contributed by atoms with E-state index in [1.54, 1.807) is 20.3 Å². The first kappa shape index (κ1) is 52.9. The van der Waals surface area contributed by atoms with Crippen LogP contribution in [0.4, 0.5) is 0 Å². The molecule has 10 atom stereocenters. The highest BCUT2D eigenvalue weighted by atomic mass is 33.1. The second-order valence-electron chi connectivity index (χ2n) is 23.7. The van der Waals surface area contributed by atoms with Crippen LogP contribution in [0.15, 0.2) is 53.8 Å². The molecule has 410 valence electrons. The van der Waals surface area contributed by atoms with Crippen LogP contribution in [-0.2, 0) is 39.1 Å². The van der Waals surface area contributed by atoms with Crippen molar-refractivity contribution < 1.29 is 43.8 Å². The van der Waals surface area contributed by atoms with E-state index in [4.69, 9.17) is 29.4 Å². The Morgan fingerprint density at radius 1 is 1.01 bits per heavy atom. The third-order valence-corrected chi connectivity index (χ3v) is 21.6. The van der Waals surface area contributed by atoms with Gasteiger partial charge in [0.2, 0.25) is 0 Å². The minimum absolute atomic E-state index is 0.00865. The molecule has 0 amide bonds. The van der Waals surface area contributed by atoms with Crippen LogP contribution in [0.1, 0.15) is 135 Å². The van der Waals surface area contributed by atoms with Gasteiger partial charge < -0.3 is 60.7 Å². The molecule has 15 heteroatoms. The fraction of sp³-hybridized carbons (Fsp3) is 0.565. The Balaban J connectivity index is 1.08. The Hall–Kier alpha value is -4.79. The molecule has 3 saturated carbocycles. The monoisotopic (exact) mass is 1080 g/mol. The van der Waals surface area contributed by atoms with Gasteiger partial charge >= 0.3 is 5.97 Å². The van der Waals surface area contributed by atoms with Crippen molar-refractivity contribution in [1.29, 1.82) is 0 Å². The number of rotatable bonds is 11. The van der Waals surface area contributed by atoms with E-state index >= 15 is 0 Å². The smallest absolute Gasteiger partial charge is 0.302 e. The Bertz CT molecular complexity index is 2940. The molecular weight excluding hydrogens is 1010 g/mol. The van der Waals surface area contributed by atoms with Crippen molar-refractivity contribution in [3.63, 3.8) is 0 Å². The number of carbonyl (C=O) groups excluding carboxylic acids is 1. The topological polar surface area (TPSA) is 186 Å². The number of benzene rings is 3. The molecule has 3 aromatic carbocycles. The predicted molar refractivity (Wildman–Crippen MR) is 303 cm³/mol. The van der Waals surface area contributed by atoms with Gasteiger partial charge in [-0.05, 0) is 122 Å². The maximum atomic E-state index is 13.2. The molecule has 5 heterocycles. The minimum Gasteiger partial charge on any atom is -0.508 e. The first-order valence-corrected chi connectivity index (χ1v) is 30.8. The number of ether oxygens (including phenoxy) is 5. The van der Waals surface area contributed by atoms with E-state index in [0.717, 1.165) is 131 Å². The molecule has 12 rings (SSSR count). The third kappa shape index (κ3) is 9.94. The lowest BCUT2D eigenvalue weighted by Crippen LogP contribution is -2.49. The first-order valence-electron chi connectivity index (χ1n) is 28.3. The normalized spacial score (nSPS) is 29.7. The van der Waals surface area contributed by atoms with Gasteiger partial charge in [-0.3, -0.25) is 4.79 Å². The van der Waals surface area contributed by atoms with E-state index < -0.39 is 18.2 Å². The van der Waals surface area contributed by atoms with Crippen LogP contribution in [0, 0.1) is 35.0 Å². The third-order valence-electron chi connectivity index (χ3n) is 19.0.